The number of rotatable bonds is 5. The highest BCUT2D eigenvalue weighted by Crippen LogP contribution is 2.46. The molecule has 1 aliphatic heterocycles. The van der Waals surface area contributed by atoms with Crippen molar-refractivity contribution in [2.75, 3.05) is 5.73 Å². The summed E-state index contributed by atoms with van der Waals surface area (Å²) in [4.78, 5) is 0. The Bertz CT molecular complexity index is 1010. The number of anilines is 1. The highest BCUT2D eigenvalue weighted by molar-refractivity contribution is 5.69. The lowest BCUT2D eigenvalue weighted by Gasteiger charge is -2.28. The van der Waals surface area contributed by atoms with Crippen LogP contribution in [0.3, 0.4) is 0 Å². The van der Waals surface area contributed by atoms with Crippen LogP contribution in [0.4, 0.5) is 5.69 Å². The quantitative estimate of drug-likeness (QED) is 0.734. The summed E-state index contributed by atoms with van der Waals surface area (Å²) in [6, 6.07) is 17.9. The van der Waals surface area contributed by atoms with Gasteiger partial charge >= 0.3 is 0 Å². The fourth-order valence-corrected chi connectivity index (χ4v) is 4.13. The molecule has 0 aliphatic carbocycles. The van der Waals surface area contributed by atoms with Gasteiger partial charge in [-0.1, -0.05) is 44.2 Å². The van der Waals surface area contributed by atoms with Crippen LogP contribution in [0, 0.1) is 17.2 Å². The molecule has 4 rings (SSSR count). The van der Waals surface area contributed by atoms with Gasteiger partial charge in [0.2, 0.25) is 5.60 Å². The lowest BCUT2D eigenvalue weighted by atomic mass is 9.87. The molecule has 0 radical (unpaired) electrons. The zero-order chi connectivity index (χ0) is 19.7. The van der Waals surface area contributed by atoms with Crippen molar-refractivity contribution in [1.82, 2.24) is 9.61 Å². The second-order valence-corrected chi connectivity index (χ2v) is 7.29. The van der Waals surface area contributed by atoms with Crippen molar-refractivity contribution in [3.8, 4) is 6.07 Å². The summed E-state index contributed by atoms with van der Waals surface area (Å²) < 4.78 is 14.4. The number of nitrogens with zero attached hydrogens (tertiary/aromatic N) is 3. The van der Waals surface area contributed by atoms with Gasteiger partial charge in [0.15, 0.2) is 0 Å². The predicted molar refractivity (Wildman–Crippen MR) is 106 cm³/mol. The molecule has 144 valence electrons. The number of benzene rings is 1. The molecule has 0 spiro atoms. The van der Waals surface area contributed by atoms with Crippen LogP contribution in [0.5, 0.6) is 0 Å². The minimum Gasteiger partial charge on any atom is -0.397 e. The van der Waals surface area contributed by atoms with Gasteiger partial charge in [-0.05, 0) is 30.2 Å². The van der Waals surface area contributed by atoms with Gasteiger partial charge in [0.25, 0.3) is 0 Å². The lowest BCUT2D eigenvalue weighted by molar-refractivity contribution is -0.0817. The molecule has 1 aliphatic rings. The van der Waals surface area contributed by atoms with E-state index in [-0.39, 0.29) is 12.0 Å². The van der Waals surface area contributed by atoms with Gasteiger partial charge in [-0.3, -0.25) is 0 Å². The highest BCUT2D eigenvalue weighted by Gasteiger charge is 2.57. The Hall–Kier alpha value is -2.88. The molecular weight excluding hydrogens is 352 g/mol. The largest absolute Gasteiger partial charge is 0.397 e. The number of nitrogens with two attached hydrogens (primary N) is 1. The second-order valence-electron chi connectivity index (χ2n) is 7.29. The van der Waals surface area contributed by atoms with E-state index in [4.69, 9.17) is 15.2 Å². The first-order valence-corrected chi connectivity index (χ1v) is 9.58. The van der Waals surface area contributed by atoms with Gasteiger partial charge in [0.1, 0.15) is 12.2 Å². The highest BCUT2D eigenvalue weighted by atomic mass is 16.6. The zero-order valence-electron chi connectivity index (χ0n) is 16.1. The monoisotopic (exact) mass is 376 g/mol. The minimum absolute atomic E-state index is 0.0555. The number of nitrogen functional groups attached to an aromatic ring is 1. The molecule has 1 saturated heterocycles. The van der Waals surface area contributed by atoms with Crippen LogP contribution >= 0.6 is 0 Å². The molecule has 0 amide bonds. The van der Waals surface area contributed by atoms with E-state index in [1.807, 2.05) is 42.5 Å². The molecule has 3 heterocycles. The average Bonchev–Trinajstić information content (AvgIpc) is 3.28. The third-order valence-corrected chi connectivity index (χ3v) is 5.61. The Labute approximate surface area is 164 Å². The Morgan fingerprint density at radius 1 is 1.25 bits per heavy atom. The molecular formula is C22H24N4O2. The van der Waals surface area contributed by atoms with E-state index >= 15 is 0 Å². The van der Waals surface area contributed by atoms with Gasteiger partial charge in [-0.15, -0.1) is 0 Å². The van der Waals surface area contributed by atoms with Crippen LogP contribution in [-0.2, 0) is 21.7 Å². The number of aromatic nitrogens is 2. The fourth-order valence-electron chi connectivity index (χ4n) is 4.13. The van der Waals surface area contributed by atoms with Crippen molar-refractivity contribution in [2.24, 2.45) is 5.92 Å². The van der Waals surface area contributed by atoms with Crippen molar-refractivity contribution in [1.29, 1.82) is 5.26 Å². The van der Waals surface area contributed by atoms with Crippen LogP contribution < -0.4 is 5.73 Å². The third kappa shape index (κ3) is 2.84. The molecule has 4 atom stereocenters. The van der Waals surface area contributed by atoms with Crippen molar-refractivity contribution in [3.05, 3.63) is 66.0 Å². The van der Waals surface area contributed by atoms with Gasteiger partial charge < -0.3 is 15.2 Å². The average molecular weight is 376 g/mol. The Morgan fingerprint density at radius 2 is 2.04 bits per heavy atom. The number of nitriles is 1. The van der Waals surface area contributed by atoms with E-state index in [1.165, 1.54) is 0 Å². The molecule has 6 heteroatoms. The van der Waals surface area contributed by atoms with Crippen molar-refractivity contribution in [2.45, 2.75) is 44.7 Å². The summed E-state index contributed by atoms with van der Waals surface area (Å²) in [5, 5.41) is 14.7. The molecule has 6 nitrogen and oxygen atoms in total. The van der Waals surface area contributed by atoms with E-state index in [2.05, 4.69) is 25.0 Å². The van der Waals surface area contributed by atoms with Gasteiger partial charge in [-0.25, -0.2) is 4.52 Å². The molecule has 28 heavy (non-hydrogen) atoms. The summed E-state index contributed by atoms with van der Waals surface area (Å²) in [5.74, 6) is 0.0555. The maximum atomic E-state index is 10.3. The maximum absolute atomic E-state index is 10.3. The maximum Gasteiger partial charge on any atom is 0.223 e. The van der Waals surface area contributed by atoms with Gasteiger partial charge in [0.05, 0.1) is 29.6 Å². The standard InChI is InChI=1S/C22H24N4O2/c1-3-19-15(2)21(27-13-16-7-5-4-6-8-16)22(14-23,28-19)20-10-9-18-17(24)11-12-25-26(18)20/h4-12,15,19,21H,3,13,24H2,1-2H3/t15-,19-,21-,22+/m1/s1. The first-order chi connectivity index (χ1) is 13.6. The van der Waals surface area contributed by atoms with E-state index in [9.17, 15) is 5.26 Å². The molecule has 1 aromatic carbocycles. The Morgan fingerprint density at radius 3 is 2.75 bits per heavy atom. The van der Waals surface area contributed by atoms with Gasteiger partial charge in [-0.2, -0.15) is 10.4 Å². The smallest absolute Gasteiger partial charge is 0.223 e. The lowest BCUT2D eigenvalue weighted by Crippen LogP contribution is -2.40. The van der Waals surface area contributed by atoms with Crippen LogP contribution in [0.2, 0.25) is 0 Å². The summed E-state index contributed by atoms with van der Waals surface area (Å²) in [6.45, 7) is 4.56. The van der Waals surface area contributed by atoms with E-state index in [0.29, 0.717) is 18.0 Å². The number of hydrogen-bond acceptors (Lipinski definition) is 5. The molecule has 1 fully saturated rings. The normalized spacial score (nSPS) is 27.1. The number of ether oxygens (including phenoxy) is 2. The van der Waals surface area contributed by atoms with Crippen molar-refractivity contribution >= 4 is 11.2 Å². The van der Waals surface area contributed by atoms with Gasteiger partial charge in [0, 0.05) is 12.1 Å². The van der Waals surface area contributed by atoms with Crippen LogP contribution in [0.25, 0.3) is 5.52 Å². The van der Waals surface area contributed by atoms with E-state index in [1.54, 1.807) is 16.8 Å². The van der Waals surface area contributed by atoms with E-state index in [0.717, 1.165) is 17.5 Å². The Kier molecular flexibility index (Phi) is 4.80. The second kappa shape index (κ2) is 7.27. The summed E-state index contributed by atoms with van der Waals surface area (Å²) in [6.07, 6.45) is 1.93. The first-order valence-electron chi connectivity index (χ1n) is 9.58. The number of hydrogen-bond donors (Lipinski definition) is 1. The van der Waals surface area contributed by atoms with Crippen LogP contribution in [0.1, 0.15) is 31.5 Å². The predicted octanol–water partition coefficient (Wildman–Crippen LogP) is 3.67. The molecule has 0 unspecified atom stereocenters. The molecule has 2 N–H and O–H groups in total. The summed E-state index contributed by atoms with van der Waals surface area (Å²) in [5.41, 5.74) is 7.91. The summed E-state index contributed by atoms with van der Waals surface area (Å²) >= 11 is 0. The van der Waals surface area contributed by atoms with Crippen molar-refractivity contribution < 1.29 is 9.47 Å². The third-order valence-electron chi connectivity index (χ3n) is 5.61. The Balaban J connectivity index is 1.77. The zero-order valence-corrected chi connectivity index (χ0v) is 16.1. The fraction of sp³-hybridized carbons (Fsp3) is 0.364. The topological polar surface area (TPSA) is 85.6 Å². The van der Waals surface area contributed by atoms with Crippen LogP contribution in [0.15, 0.2) is 54.7 Å². The van der Waals surface area contributed by atoms with E-state index < -0.39 is 11.7 Å². The minimum atomic E-state index is -1.25. The molecule has 0 bridgehead atoms. The molecule has 3 aromatic rings. The summed E-state index contributed by atoms with van der Waals surface area (Å²) in [7, 11) is 0. The molecule has 0 saturated carbocycles. The molecule has 2 aromatic heterocycles. The van der Waals surface area contributed by atoms with Crippen LogP contribution in [-0.4, -0.2) is 21.8 Å². The van der Waals surface area contributed by atoms with Crippen molar-refractivity contribution in [3.63, 3.8) is 0 Å². The number of fused-ring (bicyclic) bond motifs is 1. The first kappa shape index (κ1) is 18.5. The SMILES string of the molecule is CC[C@H]1O[C@@](C#N)(c2ccc3c(N)ccnn23)[C@H](OCc2ccccc2)[C@@H]1C.